The fourth-order valence-electron chi connectivity index (χ4n) is 6.34. The second kappa shape index (κ2) is 10.7. The Morgan fingerprint density at radius 2 is 2.00 bits per heavy atom. The predicted molar refractivity (Wildman–Crippen MR) is 136 cm³/mol. The monoisotopic (exact) mass is 501 g/mol. The highest BCUT2D eigenvalue weighted by molar-refractivity contribution is 7.09. The van der Waals surface area contributed by atoms with Gasteiger partial charge in [0.05, 0.1) is 12.6 Å². The van der Waals surface area contributed by atoms with Gasteiger partial charge in [0.15, 0.2) is 0 Å². The molecule has 35 heavy (non-hydrogen) atoms. The molecule has 2 fully saturated rings. The number of urea groups is 1. The lowest BCUT2D eigenvalue weighted by molar-refractivity contribution is -0.142. The number of carbonyl (C=O) groups is 2. The SMILES string of the molecule is C[C@@H]1[C@@H]2[C@@H](O)[C@@H]([C@H](C)C(=O)NCc3cccs3)CC[C@]2(C)CC[C@@H]1NC(=O)Nc1cccc(F)c1. The van der Waals surface area contributed by atoms with Crippen molar-refractivity contribution in [2.75, 3.05) is 5.32 Å². The number of amides is 3. The fourth-order valence-corrected chi connectivity index (χ4v) is 6.99. The Morgan fingerprint density at radius 3 is 2.71 bits per heavy atom. The maximum absolute atomic E-state index is 13.5. The molecule has 8 heteroatoms. The van der Waals surface area contributed by atoms with Crippen molar-refractivity contribution in [2.45, 2.75) is 65.1 Å². The van der Waals surface area contributed by atoms with Gasteiger partial charge in [-0.3, -0.25) is 4.79 Å². The molecule has 1 heterocycles. The fraction of sp³-hybridized carbons (Fsp3) is 0.556. The average molecular weight is 502 g/mol. The van der Waals surface area contributed by atoms with Crippen LogP contribution in [0, 0.1) is 34.9 Å². The molecule has 4 N–H and O–H groups in total. The van der Waals surface area contributed by atoms with Crippen LogP contribution in [0.3, 0.4) is 0 Å². The van der Waals surface area contributed by atoms with Crippen LogP contribution in [0.2, 0.25) is 0 Å². The Labute approximate surface area is 210 Å². The molecule has 0 unspecified atom stereocenters. The number of nitrogens with one attached hydrogen (secondary N) is 3. The molecular weight excluding hydrogens is 465 g/mol. The number of thiophene rings is 1. The van der Waals surface area contributed by atoms with E-state index in [4.69, 9.17) is 0 Å². The normalized spacial score (nSPS) is 31.2. The lowest BCUT2D eigenvalue weighted by Crippen LogP contribution is -2.58. The van der Waals surface area contributed by atoms with Crippen molar-refractivity contribution in [3.8, 4) is 0 Å². The maximum Gasteiger partial charge on any atom is 0.319 e. The minimum atomic E-state index is -0.623. The Morgan fingerprint density at radius 1 is 1.23 bits per heavy atom. The summed E-state index contributed by atoms with van der Waals surface area (Å²) in [4.78, 5) is 26.6. The van der Waals surface area contributed by atoms with E-state index < -0.39 is 11.9 Å². The van der Waals surface area contributed by atoms with Gasteiger partial charge >= 0.3 is 6.03 Å². The van der Waals surface area contributed by atoms with Gasteiger partial charge in [0.2, 0.25) is 5.91 Å². The van der Waals surface area contributed by atoms with Gasteiger partial charge in [-0.05, 0) is 78.5 Å². The summed E-state index contributed by atoms with van der Waals surface area (Å²) in [6.07, 6.45) is 2.86. The van der Waals surface area contributed by atoms with Crippen molar-refractivity contribution < 1.29 is 19.1 Å². The van der Waals surface area contributed by atoms with E-state index in [0.29, 0.717) is 12.2 Å². The van der Waals surface area contributed by atoms with Gasteiger partial charge in [-0.1, -0.05) is 32.9 Å². The first kappa shape index (κ1) is 25.6. The van der Waals surface area contributed by atoms with Crippen LogP contribution in [0.15, 0.2) is 41.8 Å². The van der Waals surface area contributed by atoms with Crippen LogP contribution in [0.5, 0.6) is 0 Å². The Balaban J connectivity index is 1.39. The molecule has 7 atom stereocenters. The van der Waals surface area contributed by atoms with E-state index in [2.05, 4.69) is 29.8 Å². The third-order valence-corrected chi connectivity index (χ3v) is 9.24. The number of carbonyl (C=O) groups excluding carboxylic acids is 2. The zero-order chi connectivity index (χ0) is 25.2. The van der Waals surface area contributed by atoms with E-state index in [1.165, 1.54) is 12.1 Å². The van der Waals surface area contributed by atoms with Gasteiger partial charge in [0.1, 0.15) is 5.82 Å². The largest absolute Gasteiger partial charge is 0.392 e. The van der Waals surface area contributed by atoms with E-state index in [1.807, 2.05) is 24.4 Å². The van der Waals surface area contributed by atoms with Crippen LogP contribution >= 0.6 is 11.3 Å². The van der Waals surface area contributed by atoms with Gasteiger partial charge in [-0.15, -0.1) is 11.3 Å². The van der Waals surface area contributed by atoms with Crippen LogP contribution in [0.1, 0.15) is 51.3 Å². The average Bonchev–Trinajstić information content (AvgIpc) is 3.33. The summed E-state index contributed by atoms with van der Waals surface area (Å²) in [5.41, 5.74) is 0.371. The van der Waals surface area contributed by atoms with Crippen LogP contribution in [0.4, 0.5) is 14.9 Å². The molecule has 3 amide bonds. The number of anilines is 1. The van der Waals surface area contributed by atoms with E-state index in [-0.39, 0.29) is 47.1 Å². The van der Waals surface area contributed by atoms with Gasteiger partial charge in [0.25, 0.3) is 0 Å². The third kappa shape index (κ3) is 5.70. The van der Waals surface area contributed by atoms with E-state index in [9.17, 15) is 19.1 Å². The first-order valence-corrected chi connectivity index (χ1v) is 13.4. The molecule has 0 saturated heterocycles. The number of halogens is 1. The minimum Gasteiger partial charge on any atom is -0.392 e. The number of aliphatic hydroxyl groups excluding tert-OH is 1. The molecule has 0 aliphatic heterocycles. The molecule has 1 aromatic carbocycles. The Kier molecular flexibility index (Phi) is 7.81. The minimum absolute atomic E-state index is 0.0259. The first-order valence-electron chi connectivity index (χ1n) is 12.5. The molecule has 0 bridgehead atoms. The lowest BCUT2D eigenvalue weighted by atomic mass is 9.52. The number of hydrogen-bond acceptors (Lipinski definition) is 4. The number of rotatable bonds is 6. The zero-order valence-electron chi connectivity index (χ0n) is 20.6. The number of hydrogen-bond donors (Lipinski definition) is 4. The Bertz CT molecular complexity index is 1030. The van der Waals surface area contributed by atoms with Crippen molar-refractivity contribution >= 4 is 29.0 Å². The molecule has 2 aromatic rings. The molecular formula is C27H36FN3O3S. The Hall–Kier alpha value is -2.45. The first-order chi connectivity index (χ1) is 16.7. The molecule has 2 saturated carbocycles. The summed E-state index contributed by atoms with van der Waals surface area (Å²) in [6.45, 7) is 6.74. The molecule has 1 aromatic heterocycles. The van der Waals surface area contributed by atoms with Gasteiger partial charge < -0.3 is 21.1 Å². The maximum atomic E-state index is 13.5. The summed E-state index contributed by atoms with van der Waals surface area (Å²) in [5.74, 6) is -0.855. The van der Waals surface area contributed by atoms with Crippen LogP contribution in [-0.4, -0.2) is 29.2 Å². The molecule has 4 rings (SSSR count). The predicted octanol–water partition coefficient (Wildman–Crippen LogP) is 5.15. The van der Waals surface area contributed by atoms with Crippen molar-refractivity contribution in [3.05, 3.63) is 52.5 Å². The van der Waals surface area contributed by atoms with Crippen molar-refractivity contribution in [1.82, 2.24) is 10.6 Å². The molecule has 0 spiro atoms. The van der Waals surface area contributed by atoms with E-state index in [1.54, 1.807) is 23.5 Å². The number of benzene rings is 1. The number of aliphatic hydroxyl groups is 1. The smallest absolute Gasteiger partial charge is 0.319 e. The highest BCUT2D eigenvalue weighted by Crippen LogP contribution is 2.55. The van der Waals surface area contributed by atoms with Crippen molar-refractivity contribution in [2.24, 2.45) is 29.1 Å². The van der Waals surface area contributed by atoms with Crippen molar-refractivity contribution in [3.63, 3.8) is 0 Å². The molecule has 2 aliphatic carbocycles. The van der Waals surface area contributed by atoms with Crippen LogP contribution in [-0.2, 0) is 11.3 Å². The van der Waals surface area contributed by atoms with Gasteiger partial charge in [-0.25, -0.2) is 9.18 Å². The summed E-state index contributed by atoms with van der Waals surface area (Å²) in [5, 5.41) is 22.3. The standard InChI is InChI=1S/C27H36FN3O3S/c1-16(25(33)29-15-20-8-5-13-35-20)21-9-11-27(3)12-10-22(17(2)23(27)24(21)32)31-26(34)30-19-7-4-6-18(28)14-19/h4-8,13-14,16-17,21-24,32H,9-12,15H2,1-3H3,(H,29,33)(H2,30,31,34)/t16-,17-,21+,22-,23+,24-,27+/m0/s1. The van der Waals surface area contributed by atoms with E-state index >= 15 is 0 Å². The summed E-state index contributed by atoms with van der Waals surface area (Å²) < 4.78 is 13.5. The lowest BCUT2D eigenvalue weighted by Gasteiger charge is -2.56. The van der Waals surface area contributed by atoms with Gasteiger partial charge in [-0.2, -0.15) is 0 Å². The summed E-state index contributed by atoms with van der Waals surface area (Å²) >= 11 is 1.61. The second-order valence-electron chi connectivity index (χ2n) is 10.6. The highest BCUT2D eigenvalue weighted by Gasteiger charge is 2.53. The molecule has 190 valence electrons. The van der Waals surface area contributed by atoms with Crippen LogP contribution in [0.25, 0.3) is 0 Å². The second-order valence-corrected chi connectivity index (χ2v) is 11.6. The topological polar surface area (TPSA) is 90.5 Å². The quantitative estimate of drug-likeness (QED) is 0.441. The highest BCUT2D eigenvalue weighted by atomic mass is 32.1. The summed E-state index contributed by atoms with van der Waals surface area (Å²) in [6, 6.07) is 9.28. The van der Waals surface area contributed by atoms with Crippen LogP contribution < -0.4 is 16.0 Å². The number of fused-ring (bicyclic) bond motifs is 1. The zero-order valence-corrected chi connectivity index (χ0v) is 21.4. The molecule has 2 aliphatic rings. The van der Waals surface area contributed by atoms with E-state index in [0.717, 1.165) is 30.6 Å². The summed E-state index contributed by atoms with van der Waals surface area (Å²) in [7, 11) is 0. The third-order valence-electron chi connectivity index (χ3n) is 8.36. The van der Waals surface area contributed by atoms with Gasteiger partial charge in [0, 0.05) is 22.5 Å². The molecule has 6 nitrogen and oxygen atoms in total. The van der Waals surface area contributed by atoms with Crippen molar-refractivity contribution in [1.29, 1.82) is 0 Å². The molecule has 0 radical (unpaired) electrons.